The normalized spacial score (nSPS) is 15.6. The molecular weight excluding hydrogens is 358 g/mol. The summed E-state index contributed by atoms with van der Waals surface area (Å²) in [6.45, 7) is 12.8. The SMILES string of the molecule is [C-]#[N+]C(C)(C)CC(C)(CC(SC(=S)SC)c1ccccc1)C(O)O. The minimum Gasteiger partial charge on any atom is -0.368 e. The van der Waals surface area contributed by atoms with Crippen molar-refractivity contribution >= 4 is 39.3 Å². The van der Waals surface area contributed by atoms with Gasteiger partial charge in [0.1, 0.15) is 3.53 Å². The van der Waals surface area contributed by atoms with Gasteiger partial charge in [-0.1, -0.05) is 61.2 Å². The van der Waals surface area contributed by atoms with Crippen LogP contribution in [0.3, 0.4) is 0 Å². The van der Waals surface area contributed by atoms with Crippen LogP contribution < -0.4 is 0 Å². The van der Waals surface area contributed by atoms with E-state index >= 15 is 0 Å². The number of rotatable bonds is 7. The molecule has 1 rings (SSSR count). The van der Waals surface area contributed by atoms with E-state index in [1.807, 2.05) is 57.4 Å². The lowest BCUT2D eigenvalue weighted by atomic mass is 9.74. The van der Waals surface area contributed by atoms with Crippen molar-refractivity contribution in [1.82, 2.24) is 0 Å². The highest BCUT2D eigenvalue weighted by atomic mass is 32.2. The van der Waals surface area contributed by atoms with Gasteiger partial charge in [0.05, 0.1) is 0 Å². The van der Waals surface area contributed by atoms with Crippen molar-refractivity contribution in [1.29, 1.82) is 0 Å². The molecule has 0 heterocycles. The predicted molar refractivity (Wildman–Crippen MR) is 109 cm³/mol. The van der Waals surface area contributed by atoms with E-state index in [2.05, 4.69) is 4.85 Å². The smallest absolute Gasteiger partial charge is 0.227 e. The van der Waals surface area contributed by atoms with Crippen LogP contribution in [0.5, 0.6) is 0 Å². The molecule has 2 atom stereocenters. The minimum atomic E-state index is -1.49. The Bertz CT molecular complexity index is 584. The molecule has 2 N–H and O–H groups in total. The van der Waals surface area contributed by atoms with Crippen LogP contribution >= 0.6 is 35.7 Å². The number of aliphatic hydroxyl groups is 2. The minimum absolute atomic E-state index is 0.0134. The summed E-state index contributed by atoms with van der Waals surface area (Å²) >= 11 is 8.46. The van der Waals surface area contributed by atoms with E-state index in [-0.39, 0.29) is 5.25 Å². The van der Waals surface area contributed by atoms with E-state index in [1.54, 1.807) is 11.8 Å². The molecule has 24 heavy (non-hydrogen) atoms. The van der Waals surface area contributed by atoms with Gasteiger partial charge in [-0.3, -0.25) is 0 Å². The van der Waals surface area contributed by atoms with Crippen molar-refractivity contribution in [3.05, 3.63) is 47.3 Å². The zero-order valence-electron chi connectivity index (χ0n) is 14.5. The van der Waals surface area contributed by atoms with Crippen LogP contribution in [0.4, 0.5) is 0 Å². The molecule has 0 saturated heterocycles. The number of hydrogen-bond acceptors (Lipinski definition) is 5. The Balaban J connectivity index is 3.12. The third-order valence-electron chi connectivity index (χ3n) is 3.99. The van der Waals surface area contributed by atoms with Crippen LogP contribution in [0, 0.1) is 12.0 Å². The third-order valence-corrected chi connectivity index (χ3v) is 6.82. The summed E-state index contributed by atoms with van der Waals surface area (Å²) in [6.07, 6.45) is 1.38. The van der Waals surface area contributed by atoms with E-state index in [4.69, 9.17) is 18.8 Å². The van der Waals surface area contributed by atoms with E-state index in [9.17, 15) is 10.2 Å². The Morgan fingerprint density at radius 2 is 1.83 bits per heavy atom. The maximum absolute atomic E-state index is 10.0. The molecule has 3 nitrogen and oxygen atoms in total. The van der Waals surface area contributed by atoms with E-state index < -0.39 is 17.2 Å². The second kappa shape index (κ2) is 9.21. The second-order valence-corrected chi connectivity index (χ2v) is 10.0. The Kier molecular flexibility index (Phi) is 8.24. The molecule has 1 aromatic carbocycles. The maximum Gasteiger partial charge on any atom is 0.227 e. The number of hydrogen-bond donors (Lipinski definition) is 2. The molecule has 0 saturated carbocycles. The van der Waals surface area contributed by atoms with Gasteiger partial charge in [-0.25, -0.2) is 6.57 Å². The summed E-state index contributed by atoms with van der Waals surface area (Å²) in [7, 11) is 0. The molecule has 0 aliphatic rings. The van der Waals surface area contributed by atoms with Crippen molar-refractivity contribution in [2.75, 3.05) is 6.26 Å². The van der Waals surface area contributed by atoms with Gasteiger partial charge in [0.15, 0.2) is 6.29 Å². The molecule has 0 bridgehead atoms. The number of nitrogens with zero attached hydrogens (tertiary/aromatic N) is 1. The number of thioether (sulfide) groups is 2. The first-order valence-electron chi connectivity index (χ1n) is 7.68. The van der Waals surface area contributed by atoms with Crippen LogP contribution in [0.15, 0.2) is 30.3 Å². The average molecular weight is 384 g/mol. The van der Waals surface area contributed by atoms with Gasteiger partial charge in [0.25, 0.3) is 0 Å². The molecule has 1 aromatic rings. The van der Waals surface area contributed by atoms with Gasteiger partial charge in [-0.05, 0) is 18.2 Å². The molecule has 0 aliphatic heterocycles. The van der Waals surface area contributed by atoms with Crippen LogP contribution in [-0.4, -0.2) is 31.8 Å². The predicted octanol–water partition coefficient (Wildman–Crippen LogP) is 4.90. The lowest BCUT2D eigenvalue weighted by Gasteiger charge is -2.36. The first-order valence-corrected chi connectivity index (χ1v) is 10.2. The van der Waals surface area contributed by atoms with Gasteiger partial charge in [-0.15, -0.1) is 11.8 Å². The summed E-state index contributed by atoms with van der Waals surface area (Å²) in [4.78, 5) is 3.64. The van der Waals surface area contributed by atoms with E-state index in [0.717, 1.165) is 9.09 Å². The second-order valence-electron chi connectivity index (χ2n) is 6.80. The standard InChI is InChI=1S/C18H25NO2S3/c1-17(2,19-4)12-18(3,15(20)21)11-14(24-16(22)23-5)13-9-7-6-8-10-13/h6-10,14-15,20-21H,11-12H2,1-3,5H3. The number of benzene rings is 1. The number of thiocarbonyl (C=S) groups is 1. The first kappa shape index (κ1) is 21.5. The number of aliphatic hydroxyl groups excluding tert-OH is 1. The molecule has 2 unspecified atom stereocenters. The molecule has 6 heteroatoms. The van der Waals surface area contributed by atoms with Crippen molar-refractivity contribution in [2.24, 2.45) is 5.41 Å². The van der Waals surface area contributed by atoms with Crippen LogP contribution in [0.1, 0.15) is 44.4 Å². The Morgan fingerprint density at radius 3 is 2.29 bits per heavy atom. The fourth-order valence-electron chi connectivity index (χ4n) is 2.78. The molecule has 0 radical (unpaired) electrons. The van der Waals surface area contributed by atoms with Crippen LogP contribution in [0.25, 0.3) is 4.85 Å². The fraction of sp³-hybridized carbons (Fsp3) is 0.556. The zero-order valence-corrected chi connectivity index (χ0v) is 17.0. The average Bonchev–Trinajstić information content (AvgIpc) is 2.54. The van der Waals surface area contributed by atoms with Gasteiger partial charge >= 0.3 is 0 Å². The highest BCUT2D eigenvalue weighted by molar-refractivity contribution is 8.47. The first-order chi connectivity index (χ1) is 11.1. The lowest BCUT2D eigenvalue weighted by molar-refractivity contribution is -0.138. The summed E-state index contributed by atoms with van der Waals surface area (Å²) in [6, 6.07) is 9.97. The van der Waals surface area contributed by atoms with Crippen LogP contribution in [0.2, 0.25) is 0 Å². The molecule has 0 aliphatic carbocycles. The Hall–Kier alpha value is -0.580. The third kappa shape index (κ3) is 6.38. The lowest BCUT2D eigenvalue weighted by Crippen LogP contribution is -2.39. The fourth-order valence-corrected chi connectivity index (χ4v) is 4.85. The summed E-state index contributed by atoms with van der Waals surface area (Å²) in [5.74, 6) is 0. The Labute approximate surface area is 159 Å². The topological polar surface area (TPSA) is 44.8 Å². The van der Waals surface area contributed by atoms with E-state index in [1.165, 1.54) is 11.8 Å². The van der Waals surface area contributed by atoms with Crippen LogP contribution in [-0.2, 0) is 0 Å². The summed E-state index contributed by atoms with van der Waals surface area (Å²) in [5, 5.41) is 20.1. The van der Waals surface area contributed by atoms with E-state index in [0.29, 0.717) is 12.8 Å². The maximum atomic E-state index is 10.0. The summed E-state index contributed by atoms with van der Waals surface area (Å²) in [5.41, 5.74) is -0.341. The monoisotopic (exact) mass is 383 g/mol. The largest absolute Gasteiger partial charge is 0.368 e. The highest BCUT2D eigenvalue weighted by Crippen LogP contribution is 2.46. The molecule has 0 amide bonds. The van der Waals surface area contributed by atoms with Crippen molar-refractivity contribution < 1.29 is 10.2 Å². The van der Waals surface area contributed by atoms with Crippen molar-refractivity contribution in [3.8, 4) is 0 Å². The van der Waals surface area contributed by atoms with Crippen molar-refractivity contribution in [2.45, 2.75) is 50.7 Å². The zero-order chi connectivity index (χ0) is 18.4. The van der Waals surface area contributed by atoms with Gasteiger partial charge in [0, 0.05) is 30.9 Å². The quantitative estimate of drug-likeness (QED) is 0.398. The Morgan fingerprint density at radius 1 is 1.25 bits per heavy atom. The molecule has 0 aromatic heterocycles. The van der Waals surface area contributed by atoms with Gasteiger partial charge < -0.3 is 15.1 Å². The molecule has 0 fully saturated rings. The summed E-state index contributed by atoms with van der Waals surface area (Å²) < 4.78 is 0.822. The molecule has 132 valence electrons. The molecule has 0 spiro atoms. The molecular formula is C18H25NO2S3. The van der Waals surface area contributed by atoms with Gasteiger partial charge in [0.2, 0.25) is 5.54 Å². The van der Waals surface area contributed by atoms with Crippen molar-refractivity contribution in [3.63, 3.8) is 0 Å². The van der Waals surface area contributed by atoms with Gasteiger partial charge in [-0.2, -0.15) is 0 Å². The highest BCUT2D eigenvalue weighted by Gasteiger charge is 2.43.